The largest absolute Gasteiger partial charge is 0.352 e. The van der Waals surface area contributed by atoms with Crippen LogP contribution in [0.5, 0.6) is 0 Å². The second kappa shape index (κ2) is 15.3. The SMILES string of the molecule is CS(=O)(=O)N(CCCC(=O)N(Cc1cccc(Cl)c1)C(Cc1ccccc1)C(=O)NC1CCCCC1)c1ccc(F)cc1. The highest BCUT2D eigenvalue weighted by molar-refractivity contribution is 7.92. The van der Waals surface area contributed by atoms with Gasteiger partial charge in [-0.3, -0.25) is 13.9 Å². The predicted octanol–water partition coefficient (Wildman–Crippen LogP) is 6.11. The third kappa shape index (κ3) is 9.79. The van der Waals surface area contributed by atoms with E-state index in [2.05, 4.69) is 5.32 Å². The van der Waals surface area contributed by atoms with Gasteiger partial charge in [0.25, 0.3) is 0 Å². The number of carbonyl (C=O) groups is 2. The molecule has 3 aromatic carbocycles. The van der Waals surface area contributed by atoms with Crippen LogP contribution in [-0.4, -0.2) is 50.0 Å². The normalized spacial score (nSPS) is 14.6. The second-order valence-corrected chi connectivity index (χ2v) is 13.5. The van der Waals surface area contributed by atoms with Crippen LogP contribution in [0.4, 0.5) is 10.1 Å². The molecule has 0 radical (unpaired) electrons. The Morgan fingerprint density at radius 3 is 2.28 bits per heavy atom. The Kier molecular flexibility index (Phi) is 11.6. The average Bonchev–Trinajstić information content (AvgIpc) is 2.98. The van der Waals surface area contributed by atoms with Crippen molar-refractivity contribution in [1.29, 1.82) is 0 Å². The van der Waals surface area contributed by atoms with Crippen LogP contribution in [0.3, 0.4) is 0 Å². The van der Waals surface area contributed by atoms with E-state index in [-0.39, 0.29) is 43.8 Å². The highest BCUT2D eigenvalue weighted by Gasteiger charge is 2.32. The first-order valence-corrected chi connectivity index (χ1v) is 16.9. The molecule has 1 fully saturated rings. The molecule has 3 aromatic rings. The topological polar surface area (TPSA) is 86.8 Å². The Morgan fingerprint density at radius 1 is 0.953 bits per heavy atom. The summed E-state index contributed by atoms with van der Waals surface area (Å²) in [6.45, 7) is 0.196. The quantitative estimate of drug-likeness (QED) is 0.248. The highest BCUT2D eigenvalue weighted by Crippen LogP contribution is 2.23. The molecule has 1 N–H and O–H groups in total. The minimum atomic E-state index is -3.68. The summed E-state index contributed by atoms with van der Waals surface area (Å²) in [5.74, 6) is -0.942. The summed E-state index contributed by atoms with van der Waals surface area (Å²) in [5.41, 5.74) is 2.03. The third-order valence-corrected chi connectivity index (χ3v) is 9.16. The molecule has 2 amide bonds. The van der Waals surface area contributed by atoms with Crippen LogP contribution in [0.2, 0.25) is 5.02 Å². The van der Waals surface area contributed by atoms with Gasteiger partial charge in [-0.2, -0.15) is 0 Å². The van der Waals surface area contributed by atoms with Crippen LogP contribution in [-0.2, 0) is 32.6 Å². The number of carbonyl (C=O) groups excluding carboxylic acids is 2. The van der Waals surface area contributed by atoms with Crippen LogP contribution in [0.1, 0.15) is 56.1 Å². The van der Waals surface area contributed by atoms with Crippen LogP contribution in [0, 0.1) is 5.82 Å². The second-order valence-electron chi connectivity index (χ2n) is 11.1. The lowest BCUT2D eigenvalue weighted by molar-refractivity contribution is -0.141. The first kappa shape index (κ1) is 32.5. The molecule has 1 aliphatic rings. The van der Waals surface area contributed by atoms with Crippen molar-refractivity contribution in [3.63, 3.8) is 0 Å². The number of hydrogen-bond donors (Lipinski definition) is 1. The fourth-order valence-corrected chi connectivity index (χ4v) is 6.72. The van der Waals surface area contributed by atoms with E-state index in [1.165, 1.54) is 24.3 Å². The molecule has 0 bridgehead atoms. The number of amides is 2. The van der Waals surface area contributed by atoms with E-state index in [0.717, 1.165) is 53.8 Å². The van der Waals surface area contributed by atoms with Gasteiger partial charge in [0.2, 0.25) is 21.8 Å². The zero-order chi connectivity index (χ0) is 30.8. The Labute approximate surface area is 259 Å². The first-order valence-electron chi connectivity index (χ1n) is 14.7. The van der Waals surface area contributed by atoms with Gasteiger partial charge < -0.3 is 10.2 Å². The average molecular weight is 628 g/mol. The van der Waals surface area contributed by atoms with Gasteiger partial charge in [0, 0.05) is 37.0 Å². The number of hydrogen-bond acceptors (Lipinski definition) is 4. The molecule has 1 saturated carbocycles. The van der Waals surface area contributed by atoms with Crippen LogP contribution < -0.4 is 9.62 Å². The molecule has 0 saturated heterocycles. The van der Waals surface area contributed by atoms with Crippen molar-refractivity contribution >= 4 is 39.1 Å². The van der Waals surface area contributed by atoms with E-state index in [0.29, 0.717) is 17.1 Å². The van der Waals surface area contributed by atoms with Gasteiger partial charge in [0.15, 0.2) is 0 Å². The molecule has 4 rings (SSSR count). The van der Waals surface area contributed by atoms with Gasteiger partial charge in [-0.25, -0.2) is 12.8 Å². The molecular weight excluding hydrogens is 589 g/mol. The van der Waals surface area contributed by atoms with Gasteiger partial charge in [0.1, 0.15) is 11.9 Å². The third-order valence-electron chi connectivity index (χ3n) is 7.73. The molecule has 0 heterocycles. The standard InChI is InChI=1S/C33H39ClFN3O4S/c1-43(41,42)38(30-19-17-28(35)18-20-30)21-9-16-32(39)37(24-26-12-8-13-27(34)22-26)31(23-25-10-4-2-5-11-25)33(40)36-29-14-6-3-7-15-29/h2,4-5,8,10-13,17-20,22,29,31H,3,6-7,9,14-16,21,23-24H2,1H3,(H,36,40). The van der Waals surface area contributed by atoms with E-state index in [4.69, 9.17) is 11.6 Å². The molecule has 43 heavy (non-hydrogen) atoms. The maximum absolute atomic E-state index is 14.0. The van der Waals surface area contributed by atoms with Crippen molar-refractivity contribution in [3.05, 3.63) is 101 Å². The number of benzene rings is 3. The Balaban J connectivity index is 1.58. The summed E-state index contributed by atoms with van der Waals surface area (Å²) in [5, 5.41) is 3.74. The van der Waals surface area contributed by atoms with E-state index >= 15 is 0 Å². The van der Waals surface area contributed by atoms with E-state index in [1.54, 1.807) is 23.1 Å². The van der Waals surface area contributed by atoms with Gasteiger partial charge in [0.05, 0.1) is 11.9 Å². The first-order chi connectivity index (χ1) is 20.6. The number of halogens is 2. The van der Waals surface area contributed by atoms with Crippen molar-refractivity contribution in [3.8, 4) is 0 Å². The fraction of sp³-hybridized carbons (Fsp3) is 0.394. The Bertz CT molecular complexity index is 1460. The summed E-state index contributed by atoms with van der Waals surface area (Å²) >= 11 is 6.27. The predicted molar refractivity (Wildman–Crippen MR) is 169 cm³/mol. The summed E-state index contributed by atoms with van der Waals surface area (Å²) in [6.07, 6.45) is 6.73. The summed E-state index contributed by atoms with van der Waals surface area (Å²) in [7, 11) is -3.68. The minimum Gasteiger partial charge on any atom is -0.352 e. The van der Waals surface area contributed by atoms with Crippen LogP contribution in [0.15, 0.2) is 78.9 Å². The van der Waals surface area contributed by atoms with Gasteiger partial charge in [-0.15, -0.1) is 0 Å². The minimum absolute atomic E-state index is 0.00970. The number of nitrogens with zero attached hydrogens (tertiary/aromatic N) is 2. The molecule has 10 heteroatoms. The summed E-state index contributed by atoms with van der Waals surface area (Å²) < 4.78 is 39.8. The number of nitrogens with one attached hydrogen (secondary N) is 1. The van der Waals surface area contributed by atoms with Crippen molar-refractivity contribution in [1.82, 2.24) is 10.2 Å². The van der Waals surface area contributed by atoms with Crippen molar-refractivity contribution < 1.29 is 22.4 Å². The highest BCUT2D eigenvalue weighted by atomic mass is 35.5. The number of sulfonamides is 1. The van der Waals surface area contributed by atoms with Gasteiger partial charge in [-0.1, -0.05) is 73.3 Å². The molecule has 1 atom stereocenters. The summed E-state index contributed by atoms with van der Waals surface area (Å²) in [6, 6.07) is 21.3. The molecular formula is C33H39ClFN3O4S. The molecule has 0 aromatic heterocycles. The van der Waals surface area contributed by atoms with E-state index in [9.17, 15) is 22.4 Å². The smallest absolute Gasteiger partial charge is 0.243 e. The van der Waals surface area contributed by atoms with Gasteiger partial charge >= 0.3 is 0 Å². The molecule has 7 nitrogen and oxygen atoms in total. The molecule has 1 aliphatic carbocycles. The zero-order valence-corrected chi connectivity index (χ0v) is 26.0. The number of rotatable bonds is 13. The fourth-order valence-electron chi connectivity index (χ4n) is 5.54. The van der Waals surface area contributed by atoms with E-state index in [1.807, 2.05) is 36.4 Å². The zero-order valence-electron chi connectivity index (χ0n) is 24.4. The maximum atomic E-state index is 14.0. The lowest BCUT2D eigenvalue weighted by atomic mass is 9.94. The summed E-state index contributed by atoms with van der Waals surface area (Å²) in [4.78, 5) is 29.5. The monoisotopic (exact) mass is 627 g/mol. The lowest BCUT2D eigenvalue weighted by Crippen LogP contribution is -2.52. The Morgan fingerprint density at radius 2 is 1.63 bits per heavy atom. The number of anilines is 1. The molecule has 0 aliphatic heterocycles. The van der Waals surface area contributed by atoms with Crippen molar-refractivity contribution in [2.24, 2.45) is 0 Å². The molecule has 1 unspecified atom stereocenters. The molecule has 230 valence electrons. The maximum Gasteiger partial charge on any atom is 0.243 e. The van der Waals surface area contributed by atoms with Crippen molar-refractivity contribution in [2.75, 3.05) is 17.1 Å². The Hall–Kier alpha value is -3.43. The van der Waals surface area contributed by atoms with Gasteiger partial charge in [-0.05, 0) is 66.8 Å². The van der Waals surface area contributed by atoms with E-state index < -0.39 is 21.9 Å². The van der Waals surface area contributed by atoms with Crippen molar-refractivity contribution in [2.45, 2.75) is 70.0 Å². The lowest BCUT2D eigenvalue weighted by Gasteiger charge is -2.34. The molecule has 0 spiro atoms. The van der Waals surface area contributed by atoms with Crippen LogP contribution >= 0.6 is 11.6 Å². The van der Waals surface area contributed by atoms with Crippen LogP contribution in [0.25, 0.3) is 0 Å².